The monoisotopic (exact) mass is 1370 g/mol. The van der Waals surface area contributed by atoms with Crippen molar-refractivity contribution >= 4 is 124 Å². The van der Waals surface area contributed by atoms with Gasteiger partial charge in [-0.25, -0.2) is 19.6 Å². The summed E-state index contributed by atoms with van der Waals surface area (Å²) in [4.78, 5) is 118. The summed E-state index contributed by atoms with van der Waals surface area (Å²) < 4.78 is 0. The highest BCUT2D eigenvalue weighted by molar-refractivity contribution is 6.42. The molecule has 4 aliphatic rings. The van der Waals surface area contributed by atoms with Gasteiger partial charge in [-0.15, -0.1) is 0 Å². The van der Waals surface area contributed by atoms with Crippen LogP contribution in [0.25, 0.3) is 109 Å². The standard InChI is InChI=1S/C48H28N2O4.C46H26N2O4/c51-45-39-15-7-13-37-35(31-9-3-1-4-10-31)25-27-41(43(37)39)47(53)49(45)33-21-17-29(18-22-33)30-19-23-34(24-20-30)50-46(52)40-16-8-14-38-36(32-11-5-2-6-12-32)26-28-42(44(38)40)48(50)54;49-43-35-19-9-17-33-29(27-11-3-1-4-12-27)21-23-37(41(33)35)45(51)47(43)39-25-26-40(32-16-8-7-15-31(32)39)48-44(50)36-20-10-18-34-30(28-13-5-2-6-14-28)22-24-38(42(34)36)46(48)52/h1-28H;1-26H. The number of fused-ring (bicyclic) bond motifs is 1. The molecule has 0 spiro atoms. The lowest BCUT2D eigenvalue weighted by molar-refractivity contribution is 0.0877. The van der Waals surface area contributed by atoms with Gasteiger partial charge < -0.3 is 0 Å². The normalized spacial score (nSPS) is 13.7. The number of carbonyl (C=O) groups is 8. The highest BCUT2D eigenvalue weighted by atomic mass is 16.2. The summed E-state index contributed by atoms with van der Waals surface area (Å²) >= 11 is 0. The van der Waals surface area contributed by atoms with Gasteiger partial charge in [-0.1, -0.05) is 243 Å². The molecular formula is C94H54N4O8. The van der Waals surface area contributed by atoms with Crippen molar-refractivity contribution in [2.75, 3.05) is 19.6 Å². The van der Waals surface area contributed by atoms with E-state index in [2.05, 4.69) is 0 Å². The average molecular weight is 1370 g/mol. The molecule has 0 saturated carbocycles. The van der Waals surface area contributed by atoms with Crippen molar-refractivity contribution in [3.05, 3.63) is 372 Å². The first-order valence-corrected chi connectivity index (χ1v) is 34.7. The topological polar surface area (TPSA) is 150 Å². The number of anilines is 4. The molecule has 16 aromatic rings. The van der Waals surface area contributed by atoms with Crippen LogP contribution in [0.2, 0.25) is 0 Å². The number of rotatable bonds is 9. The minimum atomic E-state index is -0.439. The maximum absolute atomic E-state index is 14.4. The van der Waals surface area contributed by atoms with E-state index >= 15 is 0 Å². The fraction of sp³-hybridized carbons (Fsp3) is 0. The van der Waals surface area contributed by atoms with Gasteiger partial charge in [-0.05, 0) is 162 Å². The maximum atomic E-state index is 14.4. The zero-order chi connectivity index (χ0) is 71.6. The number of hydrogen-bond acceptors (Lipinski definition) is 8. The molecule has 16 aromatic carbocycles. The Bertz CT molecular complexity index is 6070. The quantitative estimate of drug-likeness (QED) is 0.130. The Balaban J connectivity index is 0.000000145. The maximum Gasteiger partial charge on any atom is 0.266 e. The second-order valence-electron chi connectivity index (χ2n) is 26.5. The van der Waals surface area contributed by atoms with Gasteiger partial charge >= 0.3 is 0 Å². The van der Waals surface area contributed by atoms with E-state index < -0.39 is 23.6 Å². The van der Waals surface area contributed by atoms with Crippen LogP contribution in [0.1, 0.15) is 82.9 Å². The number of nitrogens with zero attached hydrogens (tertiary/aromatic N) is 4. The van der Waals surface area contributed by atoms with Crippen molar-refractivity contribution < 1.29 is 38.4 Å². The minimum Gasteiger partial charge on any atom is -0.268 e. The second kappa shape index (κ2) is 24.6. The molecule has 0 N–H and O–H groups in total. The molecular weight excluding hydrogens is 1310 g/mol. The molecule has 0 bridgehead atoms. The van der Waals surface area contributed by atoms with Gasteiger partial charge in [0.2, 0.25) is 0 Å². The lowest BCUT2D eigenvalue weighted by atomic mass is 9.88. The lowest BCUT2D eigenvalue weighted by Gasteiger charge is -2.31. The van der Waals surface area contributed by atoms with Gasteiger partial charge in [0.15, 0.2) is 0 Å². The van der Waals surface area contributed by atoms with Gasteiger partial charge in [0.1, 0.15) is 0 Å². The van der Waals surface area contributed by atoms with Crippen LogP contribution in [-0.4, -0.2) is 47.3 Å². The number of hydrogen-bond donors (Lipinski definition) is 0. The molecule has 0 radical (unpaired) electrons. The molecule has 0 fully saturated rings. The Morgan fingerprint density at radius 2 is 0.349 bits per heavy atom. The van der Waals surface area contributed by atoms with E-state index in [9.17, 15) is 38.4 Å². The first-order valence-electron chi connectivity index (χ1n) is 34.7. The van der Waals surface area contributed by atoms with Gasteiger partial charge in [0, 0.05) is 76.8 Å². The smallest absolute Gasteiger partial charge is 0.266 e. The molecule has 20 rings (SSSR count). The summed E-state index contributed by atoms with van der Waals surface area (Å²) in [5.74, 6) is -3.24. The fourth-order valence-corrected chi connectivity index (χ4v) is 16.0. The summed E-state index contributed by atoms with van der Waals surface area (Å²) in [6.45, 7) is 0. The zero-order valence-corrected chi connectivity index (χ0v) is 56.2. The molecule has 4 aliphatic heterocycles. The summed E-state index contributed by atoms with van der Waals surface area (Å²) in [5, 5.41) is 7.10. The highest BCUT2D eigenvalue weighted by Gasteiger charge is 2.41. The van der Waals surface area contributed by atoms with Gasteiger partial charge in [0.05, 0.1) is 22.7 Å². The number of carbonyl (C=O) groups excluding carboxylic acids is 8. The number of imide groups is 4. The molecule has 0 saturated heterocycles. The Morgan fingerprint density at radius 1 is 0.142 bits per heavy atom. The molecule has 498 valence electrons. The van der Waals surface area contributed by atoms with Crippen LogP contribution in [-0.2, 0) is 0 Å². The third kappa shape index (κ3) is 9.62. The van der Waals surface area contributed by atoms with Crippen LogP contribution in [0.3, 0.4) is 0 Å². The van der Waals surface area contributed by atoms with E-state index in [0.29, 0.717) is 99.6 Å². The van der Waals surface area contributed by atoms with E-state index in [4.69, 9.17) is 0 Å². The number of benzene rings is 16. The molecule has 0 aromatic heterocycles. The van der Waals surface area contributed by atoms with Crippen LogP contribution in [0, 0.1) is 0 Å². The predicted octanol–water partition coefficient (Wildman–Crippen LogP) is 20.7. The third-order valence-corrected chi connectivity index (χ3v) is 20.9. The minimum absolute atomic E-state index is 0.371. The summed E-state index contributed by atoms with van der Waals surface area (Å²) in [5.41, 5.74) is 14.8. The molecule has 0 atom stereocenters. The van der Waals surface area contributed by atoms with Crippen LogP contribution in [0.4, 0.5) is 22.7 Å². The first-order chi connectivity index (χ1) is 52.0. The molecule has 106 heavy (non-hydrogen) atoms. The van der Waals surface area contributed by atoms with Crippen molar-refractivity contribution in [3.8, 4) is 55.6 Å². The molecule has 8 amide bonds. The van der Waals surface area contributed by atoms with Crippen molar-refractivity contribution in [1.82, 2.24) is 0 Å². The Labute approximate surface area is 606 Å². The summed E-state index contributed by atoms with van der Waals surface area (Å²) in [6, 6.07) is 102. The van der Waals surface area contributed by atoms with Crippen molar-refractivity contribution in [1.29, 1.82) is 0 Å². The van der Waals surface area contributed by atoms with Crippen molar-refractivity contribution in [3.63, 3.8) is 0 Å². The van der Waals surface area contributed by atoms with Gasteiger partial charge in [0.25, 0.3) is 47.3 Å². The van der Waals surface area contributed by atoms with E-state index in [1.54, 1.807) is 72.8 Å². The molecule has 4 heterocycles. The SMILES string of the molecule is O=C1c2cccc3c(-c4ccccc4)ccc(c23)C(=O)N1c1ccc(-c2ccc(N3C(=O)c4cccc5c(-c6ccccc6)ccc(c45)C3=O)cc2)cc1.O=C1c2cccc3c(-c4ccccc4)ccc(c23)C(=O)N1c1ccc(N2C(=O)c3cccc4c(-c5ccccc5)ccc(c34)C2=O)c2ccccc12. The second-order valence-corrected chi connectivity index (χ2v) is 26.5. The van der Waals surface area contributed by atoms with E-state index in [0.717, 1.165) is 77.2 Å². The Hall–Kier alpha value is -14.6. The largest absolute Gasteiger partial charge is 0.268 e. The van der Waals surface area contributed by atoms with Crippen LogP contribution in [0.15, 0.2) is 328 Å². The lowest BCUT2D eigenvalue weighted by Crippen LogP contribution is -2.41. The predicted molar refractivity (Wildman–Crippen MR) is 418 cm³/mol. The molecule has 12 nitrogen and oxygen atoms in total. The van der Waals surface area contributed by atoms with Crippen LogP contribution < -0.4 is 19.6 Å². The Morgan fingerprint density at radius 3 is 0.604 bits per heavy atom. The zero-order valence-electron chi connectivity index (χ0n) is 56.2. The van der Waals surface area contributed by atoms with Crippen molar-refractivity contribution in [2.45, 2.75) is 0 Å². The third-order valence-electron chi connectivity index (χ3n) is 20.9. The molecule has 0 aliphatic carbocycles. The molecule has 12 heteroatoms. The highest BCUT2D eigenvalue weighted by Crippen LogP contribution is 2.46. The van der Waals surface area contributed by atoms with E-state index in [-0.39, 0.29) is 23.6 Å². The van der Waals surface area contributed by atoms with E-state index in [1.165, 1.54) is 19.6 Å². The summed E-state index contributed by atoms with van der Waals surface area (Å²) in [6.07, 6.45) is 0. The fourth-order valence-electron chi connectivity index (χ4n) is 16.0. The first kappa shape index (κ1) is 62.4. The number of amides is 8. The van der Waals surface area contributed by atoms with Crippen molar-refractivity contribution in [2.24, 2.45) is 0 Å². The van der Waals surface area contributed by atoms with Crippen LogP contribution in [0.5, 0.6) is 0 Å². The average Bonchev–Trinajstić information content (AvgIpc) is 0.740. The Kier molecular flexibility index (Phi) is 14.5. The van der Waals surface area contributed by atoms with Gasteiger partial charge in [-0.3, -0.25) is 38.4 Å². The van der Waals surface area contributed by atoms with Gasteiger partial charge in [-0.2, -0.15) is 0 Å². The van der Waals surface area contributed by atoms with E-state index in [1.807, 2.05) is 255 Å². The van der Waals surface area contributed by atoms with Crippen LogP contribution >= 0.6 is 0 Å². The molecule has 0 unspecified atom stereocenters. The summed E-state index contributed by atoms with van der Waals surface area (Å²) in [7, 11) is 0.